The second-order valence-corrected chi connectivity index (χ2v) is 2.40. The lowest BCUT2D eigenvalue weighted by Gasteiger charge is -2.11. The quantitative estimate of drug-likeness (QED) is 0.622. The third-order valence-electron chi connectivity index (χ3n) is 1.20. The number of aliphatic hydroxyl groups excluding tert-OH is 1. The van der Waals surface area contributed by atoms with Gasteiger partial charge in [0.05, 0.1) is 18.8 Å². The first-order valence-corrected chi connectivity index (χ1v) is 3.46. The molecule has 0 amide bonds. The van der Waals surface area contributed by atoms with Gasteiger partial charge >= 0.3 is 0 Å². The maximum Gasteiger partial charge on any atom is 0.0745 e. The third-order valence-corrected chi connectivity index (χ3v) is 1.20. The first kappa shape index (κ1) is 8.92. The fraction of sp³-hybridized carbons (Fsp3) is 1.00. The number of aliphatic hydroxyl groups is 1. The van der Waals surface area contributed by atoms with E-state index < -0.39 is 0 Å². The average molecular weight is 132 g/mol. The van der Waals surface area contributed by atoms with E-state index >= 15 is 0 Å². The van der Waals surface area contributed by atoms with Crippen LogP contribution in [0.15, 0.2) is 0 Å². The zero-order valence-electron chi connectivity index (χ0n) is 6.42. The Hall–Kier alpha value is -0.0800. The molecule has 1 N–H and O–H groups in total. The Morgan fingerprint density at radius 2 is 2.00 bits per heavy atom. The monoisotopic (exact) mass is 132 g/mol. The van der Waals surface area contributed by atoms with Crippen LogP contribution < -0.4 is 0 Å². The van der Waals surface area contributed by atoms with Crippen molar-refractivity contribution in [2.75, 3.05) is 6.61 Å². The zero-order chi connectivity index (χ0) is 7.28. The van der Waals surface area contributed by atoms with Gasteiger partial charge < -0.3 is 9.84 Å². The second-order valence-electron chi connectivity index (χ2n) is 2.40. The van der Waals surface area contributed by atoms with Crippen molar-refractivity contribution in [2.45, 2.75) is 39.4 Å². The lowest BCUT2D eigenvalue weighted by molar-refractivity contribution is 0.00420. The third kappa shape index (κ3) is 5.80. The highest BCUT2D eigenvalue weighted by Crippen LogP contribution is 1.96. The largest absolute Gasteiger partial charge is 0.391 e. The molecule has 2 nitrogen and oxygen atoms in total. The zero-order valence-corrected chi connectivity index (χ0v) is 6.42. The normalized spacial score (nSPS) is 17.3. The second kappa shape index (κ2) is 4.77. The summed E-state index contributed by atoms with van der Waals surface area (Å²) in [6, 6.07) is 0. The molecule has 0 aliphatic heterocycles. The van der Waals surface area contributed by atoms with E-state index in [2.05, 4.69) is 6.92 Å². The van der Waals surface area contributed by atoms with E-state index in [-0.39, 0.29) is 12.2 Å². The van der Waals surface area contributed by atoms with Gasteiger partial charge in [-0.2, -0.15) is 0 Å². The van der Waals surface area contributed by atoms with Gasteiger partial charge in [0.2, 0.25) is 0 Å². The van der Waals surface area contributed by atoms with Crippen molar-refractivity contribution in [3.05, 3.63) is 0 Å². The number of ether oxygens (including phenoxy) is 1. The van der Waals surface area contributed by atoms with Crippen molar-refractivity contribution in [3.8, 4) is 0 Å². The molecule has 0 aromatic heterocycles. The van der Waals surface area contributed by atoms with Crippen LogP contribution >= 0.6 is 0 Å². The molecule has 0 aliphatic rings. The molecule has 0 rings (SSSR count). The molecule has 9 heavy (non-hydrogen) atoms. The molecule has 0 unspecified atom stereocenters. The minimum absolute atomic E-state index is 0.277. The van der Waals surface area contributed by atoms with Crippen molar-refractivity contribution in [2.24, 2.45) is 0 Å². The summed E-state index contributed by atoms with van der Waals surface area (Å²) in [5.74, 6) is 0. The van der Waals surface area contributed by atoms with E-state index in [0.717, 1.165) is 6.42 Å². The molecule has 0 radical (unpaired) electrons. The van der Waals surface area contributed by atoms with E-state index in [4.69, 9.17) is 9.84 Å². The summed E-state index contributed by atoms with van der Waals surface area (Å²) in [6.45, 7) is 6.24. The summed E-state index contributed by atoms with van der Waals surface area (Å²) >= 11 is 0. The van der Waals surface area contributed by atoms with Crippen LogP contribution in [0, 0.1) is 0 Å². The Kier molecular flexibility index (Phi) is 4.72. The lowest BCUT2D eigenvalue weighted by Crippen LogP contribution is -2.16. The van der Waals surface area contributed by atoms with Crippen molar-refractivity contribution in [1.29, 1.82) is 0 Å². The van der Waals surface area contributed by atoms with E-state index in [1.54, 1.807) is 6.92 Å². The van der Waals surface area contributed by atoms with Crippen molar-refractivity contribution in [1.82, 2.24) is 0 Å². The van der Waals surface area contributed by atoms with Gasteiger partial charge in [-0.25, -0.2) is 0 Å². The van der Waals surface area contributed by atoms with Gasteiger partial charge in [-0.15, -0.1) is 0 Å². The van der Waals surface area contributed by atoms with Crippen molar-refractivity contribution in [3.63, 3.8) is 0 Å². The highest BCUT2D eigenvalue weighted by Gasteiger charge is 1.99. The fourth-order valence-corrected chi connectivity index (χ4v) is 0.421. The molecule has 0 aromatic carbocycles. The Bertz CT molecular complexity index is 61.9. The predicted octanol–water partition coefficient (Wildman–Crippen LogP) is 1.18. The van der Waals surface area contributed by atoms with E-state index in [0.29, 0.717) is 6.61 Å². The molecule has 0 saturated heterocycles. The van der Waals surface area contributed by atoms with E-state index in [1.807, 2.05) is 6.92 Å². The average Bonchev–Trinajstić information content (AvgIpc) is 1.83. The van der Waals surface area contributed by atoms with Crippen LogP contribution in [0.2, 0.25) is 0 Å². The molecule has 0 aromatic rings. The van der Waals surface area contributed by atoms with Crippen LogP contribution in [0.4, 0.5) is 0 Å². The molecular weight excluding hydrogens is 116 g/mol. The molecule has 0 saturated carbocycles. The molecular formula is C7H16O2. The molecule has 56 valence electrons. The Balaban J connectivity index is 3.06. The Morgan fingerprint density at radius 1 is 1.44 bits per heavy atom. The van der Waals surface area contributed by atoms with Gasteiger partial charge in [0.25, 0.3) is 0 Å². The standard InChI is InChI=1S/C7H16O2/c1-4-7(3)9-5-6(2)8/h6-8H,4-5H2,1-3H3/t6-,7+/m1/s1. The summed E-state index contributed by atoms with van der Waals surface area (Å²) < 4.78 is 5.20. The SMILES string of the molecule is CC[C@H](C)OC[C@@H](C)O. The number of hydrogen-bond acceptors (Lipinski definition) is 2. The Morgan fingerprint density at radius 3 is 2.33 bits per heavy atom. The number of rotatable bonds is 4. The summed E-state index contributed by atoms with van der Waals surface area (Å²) in [4.78, 5) is 0. The van der Waals surface area contributed by atoms with E-state index in [1.165, 1.54) is 0 Å². The first-order valence-electron chi connectivity index (χ1n) is 3.46. The van der Waals surface area contributed by atoms with Gasteiger partial charge in [0, 0.05) is 0 Å². The van der Waals surface area contributed by atoms with Crippen LogP contribution in [-0.2, 0) is 4.74 Å². The lowest BCUT2D eigenvalue weighted by atomic mass is 10.3. The van der Waals surface area contributed by atoms with Crippen molar-refractivity contribution >= 4 is 0 Å². The minimum Gasteiger partial charge on any atom is -0.391 e. The van der Waals surface area contributed by atoms with Crippen LogP contribution in [0.3, 0.4) is 0 Å². The molecule has 0 aliphatic carbocycles. The van der Waals surface area contributed by atoms with Crippen LogP contribution in [0.5, 0.6) is 0 Å². The maximum atomic E-state index is 8.77. The van der Waals surface area contributed by atoms with Gasteiger partial charge in [-0.05, 0) is 20.3 Å². The molecule has 0 fully saturated rings. The predicted molar refractivity (Wildman–Crippen MR) is 37.4 cm³/mol. The minimum atomic E-state index is -0.334. The van der Waals surface area contributed by atoms with Crippen molar-refractivity contribution < 1.29 is 9.84 Å². The summed E-state index contributed by atoms with van der Waals surface area (Å²) in [7, 11) is 0. The fourth-order valence-electron chi connectivity index (χ4n) is 0.421. The molecule has 0 spiro atoms. The first-order chi connectivity index (χ1) is 4.16. The number of hydrogen-bond donors (Lipinski definition) is 1. The van der Waals surface area contributed by atoms with Crippen LogP contribution in [0.1, 0.15) is 27.2 Å². The maximum absolute atomic E-state index is 8.77. The van der Waals surface area contributed by atoms with Crippen LogP contribution in [-0.4, -0.2) is 23.9 Å². The van der Waals surface area contributed by atoms with Crippen LogP contribution in [0.25, 0.3) is 0 Å². The van der Waals surface area contributed by atoms with E-state index in [9.17, 15) is 0 Å². The van der Waals surface area contributed by atoms with Gasteiger partial charge in [-0.3, -0.25) is 0 Å². The molecule has 2 heteroatoms. The summed E-state index contributed by atoms with van der Waals surface area (Å²) in [6.07, 6.45) is 0.950. The Labute approximate surface area is 56.8 Å². The highest BCUT2D eigenvalue weighted by molar-refractivity contribution is 4.47. The smallest absolute Gasteiger partial charge is 0.0745 e. The van der Waals surface area contributed by atoms with Gasteiger partial charge in [-0.1, -0.05) is 6.92 Å². The van der Waals surface area contributed by atoms with Gasteiger partial charge in [0.15, 0.2) is 0 Å². The molecule has 2 atom stereocenters. The van der Waals surface area contributed by atoms with Gasteiger partial charge in [0.1, 0.15) is 0 Å². The topological polar surface area (TPSA) is 29.5 Å². The summed E-state index contributed by atoms with van der Waals surface area (Å²) in [5, 5.41) is 8.77. The molecule has 0 bridgehead atoms. The highest BCUT2D eigenvalue weighted by atomic mass is 16.5. The molecule has 0 heterocycles. The summed E-state index contributed by atoms with van der Waals surface area (Å²) in [5.41, 5.74) is 0.